The molecule has 8 aromatic carbocycles. The van der Waals surface area contributed by atoms with Crippen LogP contribution < -0.4 is 76.7 Å². The van der Waals surface area contributed by atoms with Gasteiger partial charge in [0.25, 0.3) is 44.1 Å². The lowest BCUT2D eigenvalue weighted by atomic mass is 10.3. The molecule has 592 valence electrons. The van der Waals surface area contributed by atoms with E-state index in [0.29, 0.717) is 42.8 Å². The molecular weight excluding hydrogens is 1640 g/mol. The van der Waals surface area contributed by atoms with Crippen molar-refractivity contribution in [2.75, 3.05) is 0 Å². The number of halogens is 12. The van der Waals surface area contributed by atoms with Gasteiger partial charge in [0.15, 0.2) is 52.4 Å². The first-order valence-corrected chi connectivity index (χ1v) is 36.9. The van der Waals surface area contributed by atoms with Gasteiger partial charge in [0.1, 0.15) is 29.6 Å². The molecule has 8 heterocycles. The van der Waals surface area contributed by atoms with Crippen LogP contribution in [-0.4, -0.2) is 29.6 Å². The first-order chi connectivity index (χ1) is 53.5. The number of benzene rings is 8. The number of rotatable bonds is 8. The Hall–Kier alpha value is -8.50. The molecular formula is C72H72B4Cl8F4N8O16. The van der Waals surface area contributed by atoms with Gasteiger partial charge in [0.05, 0.1) is 0 Å². The van der Waals surface area contributed by atoms with Crippen LogP contribution >= 0.6 is 92.8 Å². The van der Waals surface area contributed by atoms with Crippen LogP contribution in [0.5, 0.6) is 0 Å². The number of nitrogens with zero attached hydrogens (tertiary/aromatic N) is 8. The van der Waals surface area contributed by atoms with Crippen molar-refractivity contribution >= 4 is 211 Å². The highest BCUT2D eigenvalue weighted by molar-refractivity contribution is 6.30. The molecule has 16 rings (SSSR count). The largest absolute Gasteiger partial charge is 0.867 e. The molecule has 0 amide bonds. The van der Waals surface area contributed by atoms with E-state index in [1.54, 1.807) is 0 Å². The summed E-state index contributed by atoms with van der Waals surface area (Å²) in [4.78, 5) is 0. The zero-order valence-electron chi connectivity index (χ0n) is 61.1. The summed E-state index contributed by atoms with van der Waals surface area (Å²) < 4.78 is 97.5. The Labute approximate surface area is 680 Å². The molecule has 24 nitrogen and oxygen atoms in total. The number of fused-ring (bicyclic) bond motifs is 8. The molecule has 0 N–H and O–H groups in total. The highest BCUT2D eigenvalue weighted by atomic mass is 35.5. The molecule has 0 atom stereocenters. The number of oxazole rings is 8. The van der Waals surface area contributed by atoms with Crippen LogP contribution in [0, 0.1) is 0 Å². The Morgan fingerprint density at radius 3 is 0.366 bits per heavy atom. The first kappa shape index (κ1) is 94.1. The zero-order chi connectivity index (χ0) is 82.7. The first-order valence-electron chi connectivity index (χ1n) is 33.9. The fourth-order valence-electron chi connectivity index (χ4n) is 10.4. The van der Waals surface area contributed by atoms with Crippen LogP contribution in [0.4, 0.5) is 17.3 Å². The quantitative estimate of drug-likeness (QED) is 0.0776. The van der Waals surface area contributed by atoms with Crippen molar-refractivity contribution in [3.63, 3.8) is 0 Å². The summed E-state index contributed by atoms with van der Waals surface area (Å²) >= 11 is 46.9. The Morgan fingerprint density at radius 1 is 0.205 bits per heavy atom. The summed E-state index contributed by atoms with van der Waals surface area (Å²) in [5.74, 6) is 0. The molecule has 0 aliphatic carbocycles. The third-order valence-corrected chi connectivity index (χ3v) is 17.3. The second-order valence-electron chi connectivity index (χ2n) is 21.6. The predicted molar refractivity (Wildman–Crippen MR) is 404 cm³/mol. The van der Waals surface area contributed by atoms with Gasteiger partial charge in [-0.1, -0.05) is 97.1 Å². The summed E-state index contributed by atoms with van der Waals surface area (Å²) in [6, 6.07) is 62.5. The molecule has 16 aromatic rings. The zero-order valence-corrected chi connectivity index (χ0v) is 67.1. The molecule has 0 saturated heterocycles. The van der Waals surface area contributed by atoms with E-state index in [1.807, 2.05) is 286 Å². The second-order valence-corrected chi connectivity index (χ2v) is 24.2. The highest BCUT2D eigenvalue weighted by Crippen LogP contribution is 2.23. The van der Waals surface area contributed by atoms with Gasteiger partial charge in [-0.25, -0.2) is 0 Å². The van der Waals surface area contributed by atoms with Gasteiger partial charge < -0.3 is 92.8 Å². The Morgan fingerprint density at radius 2 is 0.286 bits per heavy atom. The lowest BCUT2D eigenvalue weighted by Gasteiger charge is -2.09. The molecule has 0 radical (unpaired) electrons. The fraction of sp³-hybridized carbons (Fsp3) is 0.222. The number of aromatic nitrogens is 8. The lowest BCUT2D eigenvalue weighted by Crippen LogP contribution is -2.39. The molecule has 0 bridgehead atoms. The summed E-state index contributed by atoms with van der Waals surface area (Å²) in [6.07, 6.45) is 0. The van der Waals surface area contributed by atoms with E-state index < -0.39 is 29.6 Å². The van der Waals surface area contributed by atoms with E-state index >= 15 is 0 Å². The SMILES string of the molecule is CC[n+]1c(Cl)oc2ccccc21.CC[n+]1c(Cl)oc2ccccc21.CC[n+]1c(Cl)oc2ccccc21.CC[n+]1c(Cl)oc2ccccc21.CC[n+]1c(Cl)oc2ccccc21.CC[n+]1c(Cl)oc2ccccc21.CC[n+]1c(Cl)oc2ccccc21.CC[n+]1c(Cl)oc2ccccc21.[O-]B([O-])F.[O-]B([O-])F.[O-]B([O-])F.[O-]B([O-])F. The highest BCUT2D eigenvalue weighted by Gasteiger charge is 2.24. The van der Waals surface area contributed by atoms with Crippen LogP contribution in [0.25, 0.3) is 88.8 Å². The van der Waals surface area contributed by atoms with Crippen LogP contribution in [0.15, 0.2) is 229 Å². The number of hydrogen-bond acceptors (Lipinski definition) is 16. The Kier molecular flexibility index (Phi) is 40.8. The Balaban J connectivity index is 0.000000223. The number of aryl methyl sites for hydroxylation is 8. The average molecular weight is 1710 g/mol. The molecule has 0 fully saturated rings. The average Bonchev–Trinajstić information content (AvgIpc) is 1.74. The maximum absolute atomic E-state index is 9.89. The van der Waals surface area contributed by atoms with E-state index in [1.165, 1.54) is 0 Å². The fourth-order valence-corrected chi connectivity index (χ4v) is 12.8. The molecule has 40 heteroatoms. The van der Waals surface area contributed by atoms with Crippen molar-refractivity contribution in [1.29, 1.82) is 0 Å². The smallest absolute Gasteiger partial charge is 0.450 e. The van der Waals surface area contributed by atoms with Crippen LogP contribution in [0.2, 0.25) is 42.8 Å². The minimum atomic E-state index is -3.17. The summed E-state index contributed by atoms with van der Waals surface area (Å²) in [5, 5.41) is 70.0. The van der Waals surface area contributed by atoms with Crippen molar-refractivity contribution in [2.45, 2.75) is 108 Å². The van der Waals surface area contributed by atoms with Crippen LogP contribution in [0.1, 0.15) is 55.4 Å². The molecule has 112 heavy (non-hydrogen) atoms. The number of hydrogen-bond donors (Lipinski definition) is 0. The van der Waals surface area contributed by atoms with E-state index in [-0.39, 0.29) is 0 Å². The van der Waals surface area contributed by atoms with Gasteiger partial charge in [-0.05, 0) is 104 Å². The predicted octanol–water partition coefficient (Wildman–Crippen LogP) is 9.79. The molecule has 0 aliphatic heterocycles. The van der Waals surface area contributed by atoms with E-state index in [0.717, 1.165) is 141 Å². The van der Waals surface area contributed by atoms with Crippen molar-refractivity contribution in [3.05, 3.63) is 237 Å². The van der Waals surface area contributed by atoms with Crippen LogP contribution in [0.3, 0.4) is 0 Å². The third-order valence-electron chi connectivity index (χ3n) is 15.0. The lowest BCUT2D eigenvalue weighted by molar-refractivity contribution is -0.670. The van der Waals surface area contributed by atoms with Gasteiger partial charge in [0, 0.05) is 141 Å². The van der Waals surface area contributed by atoms with Crippen molar-refractivity contribution < 1.29 is 129 Å². The molecule has 0 spiro atoms. The maximum Gasteiger partial charge on any atom is 0.450 e. The van der Waals surface area contributed by atoms with Gasteiger partial charge in [-0.15, -0.1) is 36.5 Å². The van der Waals surface area contributed by atoms with Crippen molar-refractivity contribution in [3.8, 4) is 0 Å². The molecule has 0 unspecified atom stereocenters. The standard InChI is InChI=1S/8C9H9ClNO.4BFO2/c8*1-2-11-7-5-3-4-6-8(7)12-9(11)10;4*2-1(3)4/h8*3-6H,2H2,1H3;;;;/q8*+1;4*-2. The minimum Gasteiger partial charge on any atom is -0.867 e. The normalized spacial score (nSPS) is 10.2. The monoisotopic (exact) mass is 1700 g/mol. The maximum atomic E-state index is 9.89. The van der Waals surface area contributed by atoms with Gasteiger partial charge >= 0.3 is 42.8 Å². The van der Waals surface area contributed by atoms with Gasteiger partial charge in [-0.3, -0.25) is 0 Å². The van der Waals surface area contributed by atoms with Crippen LogP contribution in [-0.2, 0) is 52.4 Å². The third kappa shape index (κ3) is 28.0. The summed E-state index contributed by atoms with van der Waals surface area (Å²) in [5.41, 5.74) is 15.1. The summed E-state index contributed by atoms with van der Waals surface area (Å²) in [6.45, 7) is 22.9. The second kappa shape index (κ2) is 48.5. The van der Waals surface area contributed by atoms with E-state index in [4.69, 9.17) is 168 Å². The van der Waals surface area contributed by atoms with Crippen molar-refractivity contribution in [1.82, 2.24) is 0 Å². The number of para-hydroxylation sites is 16. The van der Waals surface area contributed by atoms with E-state index in [9.17, 15) is 17.3 Å². The van der Waals surface area contributed by atoms with Gasteiger partial charge in [-0.2, -0.15) is 0 Å². The van der Waals surface area contributed by atoms with Crippen molar-refractivity contribution in [2.24, 2.45) is 0 Å². The minimum absolute atomic E-state index is 0.443. The summed E-state index contributed by atoms with van der Waals surface area (Å²) in [7, 11) is -12.7. The molecule has 0 aliphatic rings. The molecule has 8 aromatic heterocycles. The topological polar surface area (TPSA) is 321 Å². The van der Waals surface area contributed by atoms with Gasteiger partial charge in [0.2, 0.25) is 44.7 Å². The van der Waals surface area contributed by atoms with E-state index in [2.05, 4.69) is 0 Å². The molecule has 0 saturated carbocycles. The Bertz CT molecular complexity index is 4490.